The SMILES string of the molecule is COC(=O)[C@H](CO)NC(=O)c1ccc(O)cc1OC[C@@H](O)CN1CCC2(CC1)OCc1cc(Cl)ccc12. The van der Waals surface area contributed by atoms with E-state index in [4.69, 9.17) is 21.1 Å². The van der Waals surface area contributed by atoms with Crippen LogP contribution in [0.1, 0.15) is 34.3 Å². The summed E-state index contributed by atoms with van der Waals surface area (Å²) >= 11 is 6.12. The molecule has 200 valence electrons. The van der Waals surface area contributed by atoms with Gasteiger partial charge in [0.05, 0.1) is 31.5 Å². The number of nitrogens with zero attached hydrogens (tertiary/aromatic N) is 1. The molecule has 0 unspecified atom stereocenters. The number of carbonyl (C=O) groups excluding carboxylic acids is 2. The van der Waals surface area contributed by atoms with Gasteiger partial charge < -0.3 is 39.7 Å². The van der Waals surface area contributed by atoms with Gasteiger partial charge in [0.2, 0.25) is 0 Å². The molecular formula is C26H31ClN2O8. The molecule has 11 heteroatoms. The third kappa shape index (κ3) is 6.16. The van der Waals surface area contributed by atoms with E-state index >= 15 is 0 Å². The second-order valence-corrected chi connectivity index (χ2v) is 9.70. The van der Waals surface area contributed by atoms with Crippen molar-refractivity contribution in [2.24, 2.45) is 0 Å². The van der Waals surface area contributed by atoms with Crippen LogP contribution in [0.3, 0.4) is 0 Å². The van der Waals surface area contributed by atoms with Crippen molar-refractivity contribution in [3.8, 4) is 11.5 Å². The number of nitrogens with one attached hydrogen (secondary N) is 1. The number of aliphatic hydroxyl groups excluding tert-OH is 2. The Labute approximate surface area is 219 Å². The lowest BCUT2D eigenvalue weighted by Crippen LogP contribution is -2.46. The van der Waals surface area contributed by atoms with Crippen molar-refractivity contribution in [2.45, 2.75) is 37.2 Å². The number of hydrogen-bond donors (Lipinski definition) is 4. The van der Waals surface area contributed by atoms with E-state index < -0.39 is 30.6 Å². The maximum Gasteiger partial charge on any atom is 0.330 e. The molecule has 37 heavy (non-hydrogen) atoms. The minimum absolute atomic E-state index is 0.0319. The molecule has 0 radical (unpaired) electrons. The predicted molar refractivity (Wildman–Crippen MR) is 134 cm³/mol. The molecule has 2 atom stereocenters. The molecule has 4 N–H and O–H groups in total. The number of likely N-dealkylation sites (tertiary alicyclic amines) is 1. The zero-order valence-corrected chi connectivity index (χ0v) is 21.2. The predicted octanol–water partition coefficient (Wildman–Crippen LogP) is 1.57. The zero-order valence-electron chi connectivity index (χ0n) is 20.5. The molecule has 2 heterocycles. The summed E-state index contributed by atoms with van der Waals surface area (Å²) in [4.78, 5) is 26.5. The summed E-state index contributed by atoms with van der Waals surface area (Å²) in [5, 5.41) is 32.9. The number of phenols is 1. The van der Waals surface area contributed by atoms with Crippen molar-refractivity contribution in [3.63, 3.8) is 0 Å². The number of piperidine rings is 1. The normalized spacial score (nSPS) is 18.2. The quantitative estimate of drug-likeness (QED) is 0.353. The summed E-state index contributed by atoms with van der Waals surface area (Å²) < 4.78 is 16.4. The number of ether oxygens (including phenoxy) is 3. The molecule has 10 nitrogen and oxygen atoms in total. The molecule has 0 aliphatic carbocycles. The molecule has 2 aliphatic rings. The van der Waals surface area contributed by atoms with E-state index in [1.54, 1.807) is 0 Å². The summed E-state index contributed by atoms with van der Waals surface area (Å²) in [6.07, 6.45) is 0.722. The lowest BCUT2D eigenvalue weighted by Gasteiger charge is -2.39. The highest BCUT2D eigenvalue weighted by atomic mass is 35.5. The molecule has 0 bridgehead atoms. The largest absolute Gasteiger partial charge is 0.508 e. The van der Waals surface area contributed by atoms with Crippen LogP contribution in [-0.4, -0.2) is 84.2 Å². The first kappa shape index (κ1) is 27.2. The van der Waals surface area contributed by atoms with Crippen molar-refractivity contribution in [1.82, 2.24) is 10.2 Å². The molecule has 1 spiro atoms. The number of rotatable bonds is 9. The number of halogens is 1. The number of benzene rings is 2. The van der Waals surface area contributed by atoms with E-state index in [-0.39, 0.29) is 29.3 Å². The maximum atomic E-state index is 12.7. The molecule has 2 aromatic rings. The number of methoxy groups -OCH3 is 1. The van der Waals surface area contributed by atoms with Crippen molar-refractivity contribution >= 4 is 23.5 Å². The Balaban J connectivity index is 1.32. The first-order chi connectivity index (χ1) is 17.7. The lowest BCUT2D eigenvalue weighted by molar-refractivity contribution is -0.143. The van der Waals surface area contributed by atoms with Crippen LogP contribution in [0.5, 0.6) is 11.5 Å². The summed E-state index contributed by atoms with van der Waals surface area (Å²) in [6, 6.07) is 8.51. The van der Waals surface area contributed by atoms with Crippen LogP contribution < -0.4 is 10.1 Å². The van der Waals surface area contributed by atoms with Crippen LogP contribution in [0.15, 0.2) is 36.4 Å². The number of phenolic OH excluding ortho intramolecular Hbond substituents is 1. The number of aliphatic hydroxyl groups is 2. The minimum Gasteiger partial charge on any atom is -0.508 e. The fourth-order valence-electron chi connectivity index (χ4n) is 4.84. The van der Waals surface area contributed by atoms with Gasteiger partial charge in [0.15, 0.2) is 6.04 Å². The monoisotopic (exact) mass is 534 g/mol. The van der Waals surface area contributed by atoms with Crippen LogP contribution in [0.4, 0.5) is 0 Å². The first-order valence-electron chi connectivity index (χ1n) is 12.0. The topological polar surface area (TPSA) is 138 Å². The highest BCUT2D eigenvalue weighted by molar-refractivity contribution is 6.30. The second-order valence-electron chi connectivity index (χ2n) is 9.26. The van der Waals surface area contributed by atoms with Gasteiger partial charge in [-0.15, -0.1) is 0 Å². The highest BCUT2D eigenvalue weighted by Crippen LogP contribution is 2.44. The molecule has 4 rings (SSSR count). The number of carbonyl (C=O) groups is 2. The van der Waals surface area contributed by atoms with Gasteiger partial charge in [0.25, 0.3) is 5.91 Å². The smallest absolute Gasteiger partial charge is 0.330 e. The standard InChI is InChI=1S/C26H31ClN2O8/c1-35-25(34)22(13-30)28-24(33)20-4-3-18(31)11-23(20)36-15-19(32)12-29-8-6-26(7-9-29)21-5-2-17(27)10-16(21)14-37-26/h2-5,10-11,19,22,30-32H,6-9,12-15H2,1H3,(H,28,33)/t19-,22-/m0/s1. The molecule has 0 saturated carbocycles. The fourth-order valence-corrected chi connectivity index (χ4v) is 5.04. The number of fused-ring (bicyclic) bond motifs is 2. The molecule has 2 aromatic carbocycles. The Hall–Kier alpha value is -2.89. The Bertz CT molecular complexity index is 1140. The Morgan fingerprint density at radius 1 is 1.22 bits per heavy atom. The number of β-amino-alcohol motifs (C(OH)–C–C–N with tert-alkyl or cyclic N) is 1. The summed E-state index contributed by atoms with van der Waals surface area (Å²) in [5.74, 6) is -1.60. The van der Waals surface area contributed by atoms with E-state index in [1.165, 1.54) is 23.8 Å². The average molecular weight is 535 g/mol. The molecule has 1 saturated heterocycles. The third-order valence-electron chi connectivity index (χ3n) is 6.81. The van der Waals surface area contributed by atoms with E-state index in [2.05, 4.69) is 15.0 Å². The van der Waals surface area contributed by atoms with Crippen LogP contribution >= 0.6 is 11.6 Å². The van der Waals surface area contributed by atoms with E-state index in [0.717, 1.165) is 38.6 Å². The fraction of sp³-hybridized carbons (Fsp3) is 0.462. The first-order valence-corrected chi connectivity index (χ1v) is 12.4. The van der Waals surface area contributed by atoms with Crippen LogP contribution in [0.2, 0.25) is 5.02 Å². The molecule has 1 fully saturated rings. The molecule has 1 amide bonds. The molecular weight excluding hydrogens is 504 g/mol. The van der Waals surface area contributed by atoms with Gasteiger partial charge in [-0.3, -0.25) is 4.79 Å². The van der Waals surface area contributed by atoms with Crippen molar-refractivity contribution in [1.29, 1.82) is 0 Å². The molecule has 0 aromatic heterocycles. The number of esters is 1. The zero-order chi connectivity index (χ0) is 26.6. The van der Waals surface area contributed by atoms with Gasteiger partial charge in [-0.1, -0.05) is 17.7 Å². The Kier molecular flexibility index (Phi) is 8.56. The van der Waals surface area contributed by atoms with E-state index in [9.17, 15) is 24.9 Å². The summed E-state index contributed by atoms with van der Waals surface area (Å²) in [7, 11) is 1.14. The van der Waals surface area contributed by atoms with Crippen LogP contribution in [0, 0.1) is 0 Å². The number of amides is 1. The second kappa shape index (κ2) is 11.7. The minimum atomic E-state index is -1.25. The van der Waals surface area contributed by atoms with Gasteiger partial charge in [-0.05, 0) is 48.2 Å². The van der Waals surface area contributed by atoms with Gasteiger partial charge >= 0.3 is 5.97 Å². The number of hydrogen-bond acceptors (Lipinski definition) is 9. The van der Waals surface area contributed by atoms with Gasteiger partial charge in [0, 0.05) is 30.7 Å². The van der Waals surface area contributed by atoms with Crippen LogP contribution in [0.25, 0.3) is 0 Å². The van der Waals surface area contributed by atoms with Crippen molar-refractivity contribution in [2.75, 3.05) is 40.0 Å². The highest BCUT2D eigenvalue weighted by Gasteiger charge is 2.42. The summed E-state index contributed by atoms with van der Waals surface area (Å²) in [5.41, 5.74) is 2.02. The van der Waals surface area contributed by atoms with E-state index in [0.29, 0.717) is 18.2 Å². The summed E-state index contributed by atoms with van der Waals surface area (Å²) in [6.45, 7) is 1.60. The third-order valence-corrected chi connectivity index (χ3v) is 7.04. The van der Waals surface area contributed by atoms with Crippen LogP contribution in [-0.2, 0) is 26.5 Å². The van der Waals surface area contributed by atoms with Gasteiger partial charge in [0.1, 0.15) is 24.2 Å². The lowest BCUT2D eigenvalue weighted by atomic mass is 9.84. The Morgan fingerprint density at radius 2 is 1.97 bits per heavy atom. The van der Waals surface area contributed by atoms with E-state index in [1.807, 2.05) is 18.2 Å². The average Bonchev–Trinajstić information content (AvgIpc) is 3.23. The van der Waals surface area contributed by atoms with Crippen molar-refractivity contribution < 1.29 is 39.1 Å². The van der Waals surface area contributed by atoms with Gasteiger partial charge in [-0.25, -0.2) is 4.79 Å². The Morgan fingerprint density at radius 3 is 2.68 bits per heavy atom. The number of aromatic hydroxyl groups is 1. The van der Waals surface area contributed by atoms with Crippen molar-refractivity contribution in [3.05, 3.63) is 58.1 Å². The molecule has 2 aliphatic heterocycles. The van der Waals surface area contributed by atoms with Gasteiger partial charge in [-0.2, -0.15) is 0 Å². The maximum absolute atomic E-state index is 12.7.